The highest BCUT2D eigenvalue weighted by atomic mass is 35.5. The lowest BCUT2D eigenvalue weighted by Gasteiger charge is -2.08. The number of carbonyl (C=O) groups is 1. The first-order valence-electron chi connectivity index (χ1n) is 5.18. The number of aromatic nitrogens is 1. The van der Waals surface area contributed by atoms with Crippen LogP contribution in [0.25, 0.3) is 0 Å². The van der Waals surface area contributed by atoms with Crippen molar-refractivity contribution in [3.8, 4) is 5.88 Å². The summed E-state index contributed by atoms with van der Waals surface area (Å²) in [7, 11) is 0. The maximum absolute atomic E-state index is 10.5. The van der Waals surface area contributed by atoms with Crippen LogP contribution < -0.4 is 4.74 Å². The summed E-state index contributed by atoms with van der Waals surface area (Å²) in [6, 6.07) is 1.72. The van der Waals surface area contributed by atoms with Crippen LogP contribution in [-0.2, 0) is 11.2 Å². The molecule has 0 aliphatic heterocycles. The van der Waals surface area contributed by atoms with Gasteiger partial charge in [0.1, 0.15) is 6.10 Å². The van der Waals surface area contributed by atoms with Crippen molar-refractivity contribution in [2.75, 3.05) is 0 Å². The van der Waals surface area contributed by atoms with Crippen LogP contribution in [0.2, 0.25) is 5.02 Å². The third-order valence-electron chi connectivity index (χ3n) is 2.30. The van der Waals surface area contributed by atoms with E-state index < -0.39 is 5.97 Å². The Morgan fingerprint density at radius 1 is 1.62 bits per heavy atom. The van der Waals surface area contributed by atoms with Crippen molar-refractivity contribution in [2.24, 2.45) is 0 Å². The molecule has 1 heterocycles. The zero-order chi connectivity index (χ0) is 11.5. The van der Waals surface area contributed by atoms with Crippen LogP contribution >= 0.6 is 11.6 Å². The third-order valence-corrected chi connectivity index (χ3v) is 2.51. The zero-order valence-electron chi connectivity index (χ0n) is 8.65. The van der Waals surface area contributed by atoms with Crippen molar-refractivity contribution < 1.29 is 14.6 Å². The molecule has 1 aromatic rings. The Kier molecular flexibility index (Phi) is 3.29. The zero-order valence-corrected chi connectivity index (χ0v) is 9.41. The number of carboxylic acid groups (broad SMARTS) is 1. The molecule has 0 radical (unpaired) electrons. The summed E-state index contributed by atoms with van der Waals surface area (Å²) < 4.78 is 5.58. The lowest BCUT2D eigenvalue weighted by molar-refractivity contribution is -0.136. The summed E-state index contributed by atoms with van der Waals surface area (Å²) in [5.74, 6) is -0.314. The first-order chi connectivity index (χ1) is 7.65. The quantitative estimate of drug-likeness (QED) is 0.859. The summed E-state index contributed by atoms with van der Waals surface area (Å²) in [6.45, 7) is 0. The maximum Gasteiger partial charge on any atom is 0.303 e. The molecule has 0 unspecified atom stereocenters. The second kappa shape index (κ2) is 4.70. The number of rotatable bonds is 5. The van der Waals surface area contributed by atoms with Crippen LogP contribution in [0.5, 0.6) is 5.88 Å². The highest BCUT2D eigenvalue weighted by Crippen LogP contribution is 2.29. The van der Waals surface area contributed by atoms with Gasteiger partial charge >= 0.3 is 5.97 Å². The van der Waals surface area contributed by atoms with Crippen molar-refractivity contribution in [2.45, 2.75) is 31.8 Å². The molecule has 0 atom stereocenters. The van der Waals surface area contributed by atoms with Gasteiger partial charge in [-0.3, -0.25) is 4.79 Å². The van der Waals surface area contributed by atoms with E-state index in [4.69, 9.17) is 21.4 Å². The molecule has 0 amide bonds. The average Bonchev–Trinajstić information content (AvgIpc) is 3.02. The van der Waals surface area contributed by atoms with Crippen molar-refractivity contribution in [3.05, 3.63) is 22.8 Å². The van der Waals surface area contributed by atoms with E-state index in [1.165, 1.54) is 6.20 Å². The number of halogens is 1. The van der Waals surface area contributed by atoms with Gasteiger partial charge in [-0.1, -0.05) is 11.6 Å². The summed E-state index contributed by atoms with van der Waals surface area (Å²) in [4.78, 5) is 14.6. The number of aryl methyl sites for hydroxylation is 1. The predicted octanol–water partition coefficient (Wildman–Crippen LogP) is 2.29. The normalized spacial score (nSPS) is 14.8. The van der Waals surface area contributed by atoms with E-state index in [0.29, 0.717) is 17.3 Å². The number of aliphatic carboxylic acids is 1. The number of pyridine rings is 1. The Balaban J connectivity index is 2.10. The molecule has 5 heteroatoms. The van der Waals surface area contributed by atoms with Crippen LogP contribution in [0.15, 0.2) is 12.3 Å². The van der Waals surface area contributed by atoms with E-state index in [9.17, 15) is 4.79 Å². The van der Waals surface area contributed by atoms with Crippen LogP contribution in [0.3, 0.4) is 0 Å². The van der Waals surface area contributed by atoms with Crippen molar-refractivity contribution in [1.82, 2.24) is 4.98 Å². The van der Waals surface area contributed by atoms with Gasteiger partial charge in [-0.25, -0.2) is 4.98 Å². The van der Waals surface area contributed by atoms with Crippen LogP contribution in [0.4, 0.5) is 0 Å². The van der Waals surface area contributed by atoms with E-state index in [-0.39, 0.29) is 12.5 Å². The molecule has 2 rings (SSSR count). The topological polar surface area (TPSA) is 59.4 Å². The number of carboxylic acids is 1. The minimum absolute atomic E-state index is 0.0586. The highest BCUT2D eigenvalue weighted by Gasteiger charge is 2.25. The van der Waals surface area contributed by atoms with Gasteiger partial charge in [-0.15, -0.1) is 0 Å². The Hall–Kier alpha value is -1.29. The van der Waals surface area contributed by atoms with Gasteiger partial charge in [0.15, 0.2) is 0 Å². The number of hydrogen-bond donors (Lipinski definition) is 1. The Labute approximate surface area is 98.2 Å². The number of hydrogen-bond acceptors (Lipinski definition) is 3. The van der Waals surface area contributed by atoms with Crippen molar-refractivity contribution in [1.29, 1.82) is 0 Å². The first-order valence-corrected chi connectivity index (χ1v) is 5.56. The second-order valence-corrected chi connectivity index (χ2v) is 4.27. The largest absolute Gasteiger partial charge is 0.481 e. The molecule has 0 aromatic carbocycles. The first kappa shape index (κ1) is 11.2. The summed E-state index contributed by atoms with van der Waals surface area (Å²) in [5, 5.41) is 9.14. The van der Waals surface area contributed by atoms with Gasteiger partial charge in [0.05, 0.1) is 5.02 Å². The van der Waals surface area contributed by atoms with Gasteiger partial charge in [0.25, 0.3) is 0 Å². The lowest BCUT2D eigenvalue weighted by Crippen LogP contribution is -2.04. The molecule has 1 aliphatic rings. The van der Waals surface area contributed by atoms with Gasteiger partial charge in [0, 0.05) is 18.2 Å². The summed E-state index contributed by atoms with van der Waals surface area (Å²) in [6.07, 6.45) is 4.31. The summed E-state index contributed by atoms with van der Waals surface area (Å²) in [5.41, 5.74) is 0.766. The standard InChI is InChI=1S/C11H12ClNO3/c12-8-5-7(1-4-10(14)15)11(13-6-8)16-9-2-3-9/h5-6,9H,1-4H2,(H,14,15). The molecule has 1 aliphatic carbocycles. The fraction of sp³-hybridized carbons (Fsp3) is 0.455. The monoisotopic (exact) mass is 241 g/mol. The fourth-order valence-corrected chi connectivity index (χ4v) is 1.52. The molecule has 0 spiro atoms. The minimum atomic E-state index is -0.836. The van der Waals surface area contributed by atoms with E-state index in [1.54, 1.807) is 6.07 Å². The Bertz CT molecular complexity index is 404. The predicted molar refractivity (Wildman–Crippen MR) is 58.9 cm³/mol. The molecule has 0 saturated heterocycles. The van der Waals surface area contributed by atoms with Crippen molar-refractivity contribution >= 4 is 17.6 Å². The smallest absolute Gasteiger partial charge is 0.303 e. The second-order valence-electron chi connectivity index (χ2n) is 3.83. The third kappa shape index (κ3) is 3.10. The molecule has 4 nitrogen and oxygen atoms in total. The van der Waals surface area contributed by atoms with E-state index in [0.717, 1.165) is 18.4 Å². The average molecular weight is 242 g/mol. The lowest BCUT2D eigenvalue weighted by atomic mass is 10.1. The molecular formula is C11H12ClNO3. The van der Waals surface area contributed by atoms with Crippen LogP contribution in [-0.4, -0.2) is 22.2 Å². The van der Waals surface area contributed by atoms with Crippen LogP contribution in [0, 0.1) is 0 Å². The van der Waals surface area contributed by atoms with Crippen LogP contribution in [0.1, 0.15) is 24.8 Å². The Morgan fingerprint density at radius 3 is 3.00 bits per heavy atom. The summed E-state index contributed by atoms with van der Waals surface area (Å²) >= 11 is 5.82. The van der Waals surface area contributed by atoms with E-state index >= 15 is 0 Å². The molecule has 0 bridgehead atoms. The van der Waals surface area contributed by atoms with E-state index in [2.05, 4.69) is 4.98 Å². The van der Waals surface area contributed by atoms with Gasteiger partial charge in [-0.05, 0) is 25.3 Å². The van der Waals surface area contributed by atoms with Crippen molar-refractivity contribution in [3.63, 3.8) is 0 Å². The number of nitrogens with zero attached hydrogens (tertiary/aromatic N) is 1. The van der Waals surface area contributed by atoms with Gasteiger partial charge in [-0.2, -0.15) is 0 Å². The molecule has 1 saturated carbocycles. The van der Waals surface area contributed by atoms with Gasteiger partial charge in [0.2, 0.25) is 5.88 Å². The van der Waals surface area contributed by atoms with E-state index in [1.807, 2.05) is 0 Å². The molecule has 1 fully saturated rings. The molecule has 1 aromatic heterocycles. The SMILES string of the molecule is O=C(O)CCc1cc(Cl)cnc1OC1CC1. The van der Waals surface area contributed by atoms with Gasteiger partial charge < -0.3 is 9.84 Å². The fourth-order valence-electron chi connectivity index (χ4n) is 1.34. The molecule has 1 N–H and O–H groups in total. The molecule has 16 heavy (non-hydrogen) atoms. The molecule has 86 valence electrons. The Morgan fingerprint density at radius 2 is 2.38 bits per heavy atom. The molecular weight excluding hydrogens is 230 g/mol. The number of ether oxygens (including phenoxy) is 1. The highest BCUT2D eigenvalue weighted by molar-refractivity contribution is 6.30. The minimum Gasteiger partial charge on any atom is -0.481 e. The maximum atomic E-state index is 10.5.